The van der Waals surface area contributed by atoms with Crippen molar-refractivity contribution in [2.24, 2.45) is 11.8 Å². The average Bonchev–Trinajstić information content (AvgIpc) is 2.86. The molecule has 0 bridgehead atoms. The summed E-state index contributed by atoms with van der Waals surface area (Å²) in [7, 11) is 0. The molecule has 1 heterocycles. The molecule has 0 spiro atoms. The standard InChI is InChI=1S/C14H13BrF3NO3/c1-7-2-3-8(4-11(7)15)12(20)19-5-9(13(21)22)10(6-19)14(16,17)18/h2-4,9-10H,5-6H2,1H3,(H,21,22)/t9-,10-/m1/s1. The van der Waals surface area contributed by atoms with Crippen molar-refractivity contribution in [3.8, 4) is 0 Å². The number of carboxylic acids is 1. The van der Waals surface area contributed by atoms with Crippen LogP contribution in [0.2, 0.25) is 0 Å². The molecular formula is C14H13BrF3NO3. The van der Waals surface area contributed by atoms with E-state index >= 15 is 0 Å². The number of carbonyl (C=O) groups excluding carboxylic acids is 1. The van der Waals surface area contributed by atoms with Gasteiger partial charge in [-0.25, -0.2) is 0 Å². The molecule has 1 aliphatic heterocycles. The highest BCUT2D eigenvalue weighted by atomic mass is 79.9. The predicted octanol–water partition coefficient (Wildman–Crippen LogP) is 3.09. The van der Waals surface area contributed by atoms with Gasteiger partial charge in [0, 0.05) is 23.1 Å². The van der Waals surface area contributed by atoms with E-state index in [1.165, 1.54) is 12.1 Å². The van der Waals surface area contributed by atoms with E-state index in [-0.39, 0.29) is 5.56 Å². The fourth-order valence-electron chi connectivity index (χ4n) is 2.46. The van der Waals surface area contributed by atoms with Crippen LogP contribution in [0.15, 0.2) is 22.7 Å². The number of hydrogen-bond donors (Lipinski definition) is 1. The zero-order valence-electron chi connectivity index (χ0n) is 11.5. The number of alkyl halides is 3. The lowest BCUT2D eigenvalue weighted by atomic mass is 9.96. The third kappa shape index (κ3) is 3.26. The van der Waals surface area contributed by atoms with E-state index < -0.39 is 43.0 Å². The van der Waals surface area contributed by atoms with Gasteiger partial charge in [-0.1, -0.05) is 22.0 Å². The second kappa shape index (κ2) is 5.91. The van der Waals surface area contributed by atoms with Crippen LogP contribution in [0.1, 0.15) is 15.9 Å². The van der Waals surface area contributed by atoms with Crippen LogP contribution in [0.5, 0.6) is 0 Å². The first-order valence-corrected chi connectivity index (χ1v) is 7.25. The molecule has 4 nitrogen and oxygen atoms in total. The fraction of sp³-hybridized carbons (Fsp3) is 0.429. The van der Waals surface area contributed by atoms with Crippen LogP contribution in [0.3, 0.4) is 0 Å². The lowest BCUT2D eigenvalue weighted by Gasteiger charge is -2.18. The Kier molecular flexibility index (Phi) is 4.51. The number of halogens is 4. The summed E-state index contributed by atoms with van der Waals surface area (Å²) < 4.78 is 39.4. The minimum absolute atomic E-state index is 0.226. The van der Waals surface area contributed by atoms with E-state index in [1.807, 2.05) is 6.92 Å². The van der Waals surface area contributed by atoms with Crippen LogP contribution in [0.4, 0.5) is 13.2 Å². The summed E-state index contributed by atoms with van der Waals surface area (Å²) in [6, 6.07) is 4.71. The Morgan fingerprint density at radius 2 is 1.95 bits per heavy atom. The van der Waals surface area contributed by atoms with Crippen molar-refractivity contribution in [1.29, 1.82) is 0 Å². The minimum Gasteiger partial charge on any atom is -0.481 e. The lowest BCUT2D eigenvalue weighted by Crippen LogP contribution is -2.34. The van der Waals surface area contributed by atoms with Crippen molar-refractivity contribution < 1.29 is 27.9 Å². The normalized spacial score (nSPS) is 22.0. The smallest absolute Gasteiger partial charge is 0.394 e. The fourth-order valence-corrected chi connectivity index (χ4v) is 2.84. The van der Waals surface area contributed by atoms with Gasteiger partial charge in [-0.05, 0) is 24.6 Å². The van der Waals surface area contributed by atoms with Crippen molar-refractivity contribution >= 4 is 27.8 Å². The summed E-state index contributed by atoms with van der Waals surface area (Å²) in [4.78, 5) is 24.3. The van der Waals surface area contributed by atoms with Gasteiger partial charge in [-0.2, -0.15) is 13.2 Å². The molecule has 0 aromatic heterocycles. The van der Waals surface area contributed by atoms with Crippen LogP contribution in [-0.2, 0) is 4.79 Å². The molecular weight excluding hydrogens is 367 g/mol. The monoisotopic (exact) mass is 379 g/mol. The van der Waals surface area contributed by atoms with Gasteiger partial charge >= 0.3 is 12.1 Å². The molecule has 0 radical (unpaired) electrons. The topological polar surface area (TPSA) is 57.6 Å². The number of likely N-dealkylation sites (tertiary alicyclic amines) is 1. The van der Waals surface area contributed by atoms with Crippen molar-refractivity contribution in [3.05, 3.63) is 33.8 Å². The Morgan fingerprint density at radius 1 is 1.32 bits per heavy atom. The number of nitrogens with zero attached hydrogens (tertiary/aromatic N) is 1. The molecule has 1 aromatic carbocycles. The van der Waals surface area contributed by atoms with Crippen molar-refractivity contribution in [2.45, 2.75) is 13.1 Å². The molecule has 2 atom stereocenters. The van der Waals surface area contributed by atoms with Crippen LogP contribution >= 0.6 is 15.9 Å². The predicted molar refractivity (Wildman–Crippen MR) is 75.5 cm³/mol. The second-order valence-corrected chi connectivity index (χ2v) is 6.12. The van der Waals surface area contributed by atoms with Crippen molar-refractivity contribution in [2.75, 3.05) is 13.1 Å². The molecule has 1 saturated heterocycles. The maximum absolute atomic E-state index is 12.9. The minimum atomic E-state index is -4.65. The molecule has 8 heteroatoms. The highest BCUT2D eigenvalue weighted by Gasteiger charge is 2.53. The number of rotatable bonds is 2. The van der Waals surface area contributed by atoms with Gasteiger partial charge in [-0.15, -0.1) is 0 Å². The first kappa shape index (κ1) is 16.8. The summed E-state index contributed by atoms with van der Waals surface area (Å²) in [5, 5.41) is 8.95. The van der Waals surface area contributed by atoms with Crippen LogP contribution < -0.4 is 0 Å². The quantitative estimate of drug-likeness (QED) is 0.858. The Bertz CT molecular complexity index is 618. The molecule has 1 fully saturated rings. The number of amides is 1. The molecule has 1 aliphatic rings. The van der Waals surface area contributed by atoms with E-state index in [0.29, 0.717) is 4.47 Å². The highest BCUT2D eigenvalue weighted by Crippen LogP contribution is 2.38. The number of aliphatic carboxylic acids is 1. The Labute approximate surface area is 133 Å². The summed E-state index contributed by atoms with van der Waals surface area (Å²) >= 11 is 3.26. The second-order valence-electron chi connectivity index (χ2n) is 5.27. The van der Waals surface area contributed by atoms with E-state index in [2.05, 4.69) is 15.9 Å². The third-order valence-electron chi connectivity index (χ3n) is 3.76. The zero-order valence-corrected chi connectivity index (χ0v) is 13.1. The summed E-state index contributed by atoms with van der Waals surface area (Å²) in [6.07, 6.45) is -4.65. The number of benzene rings is 1. The Balaban J connectivity index is 2.24. The number of carboxylic acid groups (broad SMARTS) is 1. The third-order valence-corrected chi connectivity index (χ3v) is 4.62. The molecule has 120 valence electrons. The van der Waals surface area contributed by atoms with Crippen molar-refractivity contribution in [3.63, 3.8) is 0 Å². The van der Waals surface area contributed by atoms with E-state index in [9.17, 15) is 22.8 Å². The van der Waals surface area contributed by atoms with Gasteiger partial charge < -0.3 is 10.0 Å². The summed E-state index contributed by atoms with van der Waals surface area (Å²) in [6.45, 7) is 0.739. The van der Waals surface area contributed by atoms with Crippen LogP contribution in [0.25, 0.3) is 0 Å². The number of hydrogen-bond acceptors (Lipinski definition) is 2. The van der Waals surface area contributed by atoms with Gasteiger partial charge in [0.2, 0.25) is 0 Å². The number of carbonyl (C=O) groups is 2. The van der Waals surface area contributed by atoms with Crippen LogP contribution in [0, 0.1) is 18.8 Å². The van der Waals surface area contributed by atoms with E-state index in [4.69, 9.17) is 5.11 Å². The molecule has 1 amide bonds. The van der Waals surface area contributed by atoms with Gasteiger partial charge in [0.1, 0.15) is 0 Å². The molecule has 1 aromatic rings. The summed E-state index contributed by atoms with van der Waals surface area (Å²) in [5.74, 6) is -5.80. The van der Waals surface area contributed by atoms with Gasteiger partial charge in [0.05, 0.1) is 11.8 Å². The molecule has 1 N–H and O–H groups in total. The zero-order chi connectivity index (χ0) is 16.7. The lowest BCUT2D eigenvalue weighted by molar-refractivity contribution is -0.187. The molecule has 0 aliphatic carbocycles. The SMILES string of the molecule is Cc1ccc(C(=O)N2C[C@@H](C(F)(F)F)[C@H](C(=O)O)C2)cc1Br. The maximum Gasteiger partial charge on any atom is 0.394 e. The Hall–Kier alpha value is -1.57. The van der Waals surface area contributed by atoms with Gasteiger partial charge in [0.15, 0.2) is 0 Å². The highest BCUT2D eigenvalue weighted by molar-refractivity contribution is 9.10. The first-order valence-electron chi connectivity index (χ1n) is 6.46. The molecule has 0 unspecified atom stereocenters. The molecule has 0 saturated carbocycles. The van der Waals surface area contributed by atoms with E-state index in [1.54, 1.807) is 6.07 Å². The summed E-state index contributed by atoms with van der Waals surface area (Å²) in [5.41, 5.74) is 1.11. The van der Waals surface area contributed by atoms with Crippen molar-refractivity contribution in [1.82, 2.24) is 4.90 Å². The Morgan fingerprint density at radius 3 is 2.41 bits per heavy atom. The van der Waals surface area contributed by atoms with Gasteiger partial charge in [0.25, 0.3) is 5.91 Å². The molecule has 2 rings (SSSR count). The first-order chi connectivity index (χ1) is 10.1. The largest absolute Gasteiger partial charge is 0.481 e. The van der Waals surface area contributed by atoms with Gasteiger partial charge in [-0.3, -0.25) is 9.59 Å². The number of aryl methyl sites for hydroxylation is 1. The van der Waals surface area contributed by atoms with E-state index in [0.717, 1.165) is 10.5 Å². The average molecular weight is 380 g/mol. The van der Waals surface area contributed by atoms with Crippen LogP contribution in [-0.4, -0.2) is 41.1 Å². The maximum atomic E-state index is 12.9. The molecule has 22 heavy (non-hydrogen) atoms.